The van der Waals surface area contributed by atoms with Crippen molar-refractivity contribution >= 4 is 40.7 Å². The quantitative estimate of drug-likeness (QED) is 0.796. The Balaban J connectivity index is 1.38. The zero-order chi connectivity index (χ0) is 20.4. The Hall–Kier alpha value is -2.08. The van der Waals surface area contributed by atoms with E-state index in [2.05, 4.69) is 17.4 Å². The minimum atomic E-state index is -0.325. The van der Waals surface area contributed by atoms with E-state index in [1.54, 1.807) is 18.2 Å². The number of hydrogen-bond acceptors (Lipinski definition) is 3. The van der Waals surface area contributed by atoms with E-state index in [1.165, 1.54) is 11.1 Å². The highest BCUT2D eigenvalue weighted by Gasteiger charge is 2.33. The topological polar surface area (TPSA) is 52.7 Å². The molecular formula is C22H23Cl2N3O2. The summed E-state index contributed by atoms with van der Waals surface area (Å²) in [5, 5.41) is 3.83. The zero-order valence-electron chi connectivity index (χ0n) is 16.0. The molecule has 0 radical (unpaired) electrons. The summed E-state index contributed by atoms with van der Waals surface area (Å²) in [5.41, 5.74) is 3.09. The monoisotopic (exact) mass is 431 g/mol. The van der Waals surface area contributed by atoms with E-state index in [0.717, 1.165) is 32.4 Å². The fourth-order valence-corrected chi connectivity index (χ4v) is 4.67. The van der Waals surface area contributed by atoms with Crippen LogP contribution in [0.15, 0.2) is 42.5 Å². The lowest BCUT2D eigenvalue weighted by atomic mass is 10.00. The van der Waals surface area contributed by atoms with Crippen LogP contribution >= 0.6 is 23.2 Å². The van der Waals surface area contributed by atoms with Gasteiger partial charge in [-0.15, -0.1) is 0 Å². The van der Waals surface area contributed by atoms with Gasteiger partial charge in [0, 0.05) is 28.8 Å². The lowest BCUT2D eigenvalue weighted by Gasteiger charge is -2.31. The van der Waals surface area contributed by atoms with Crippen LogP contribution in [-0.4, -0.2) is 47.3 Å². The molecule has 1 saturated heterocycles. The van der Waals surface area contributed by atoms with Crippen molar-refractivity contribution in [2.75, 3.05) is 25.0 Å². The van der Waals surface area contributed by atoms with Gasteiger partial charge in [-0.2, -0.15) is 0 Å². The summed E-state index contributed by atoms with van der Waals surface area (Å²) < 4.78 is 0. The van der Waals surface area contributed by atoms with E-state index in [-0.39, 0.29) is 24.4 Å². The first-order valence-electron chi connectivity index (χ1n) is 9.85. The van der Waals surface area contributed by atoms with Gasteiger partial charge in [-0.05, 0) is 55.1 Å². The van der Waals surface area contributed by atoms with Crippen molar-refractivity contribution in [3.8, 4) is 0 Å². The lowest BCUT2D eigenvalue weighted by molar-refractivity contribution is -0.134. The van der Waals surface area contributed by atoms with Crippen molar-refractivity contribution in [2.45, 2.75) is 31.8 Å². The highest BCUT2D eigenvalue weighted by Crippen LogP contribution is 2.25. The Morgan fingerprint density at radius 2 is 1.76 bits per heavy atom. The third-order valence-electron chi connectivity index (χ3n) is 5.62. The molecule has 4 rings (SSSR count). The SMILES string of the molecule is O=C(Nc1cc(Cl)cc(Cl)c1)C1CCCN1CC(=O)N1CCc2ccccc2C1. The van der Waals surface area contributed by atoms with Crippen molar-refractivity contribution in [1.82, 2.24) is 9.80 Å². The molecule has 0 bridgehead atoms. The number of amides is 2. The van der Waals surface area contributed by atoms with Crippen LogP contribution in [0.25, 0.3) is 0 Å². The molecule has 1 N–H and O–H groups in total. The second-order valence-corrected chi connectivity index (χ2v) is 8.48. The third-order valence-corrected chi connectivity index (χ3v) is 6.05. The Kier molecular flexibility index (Phi) is 6.09. The maximum absolute atomic E-state index is 12.9. The second kappa shape index (κ2) is 8.74. The van der Waals surface area contributed by atoms with Crippen LogP contribution in [0.4, 0.5) is 5.69 Å². The van der Waals surface area contributed by atoms with Crippen molar-refractivity contribution in [1.29, 1.82) is 0 Å². The highest BCUT2D eigenvalue weighted by atomic mass is 35.5. The van der Waals surface area contributed by atoms with Gasteiger partial charge in [-0.25, -0.2) is 0 Å². The summed E-state index contributed by atoms with van der Waals surface area (Å²) in [6, 6.07) is 12.9. The van der Waals surface area contributed by atoms with Crippen LogP contribution in [-0.2, 0) is 22.6 Å². The largest absolute Gasteiger partial charge is 0.337 e. The van der Waals surface area contributed by atoms with Crippen LogP contribution in [0.5, 0.6) is 0 Å². The molecule has 1 fully saturated rings. The molecule has 0 spiro atoms. The van der Waals surface area contributed by atoms with Gasteiger partial charge < -0.3 is 10.2 Å². The Bertz CT molecular complexity index is 914. The van der Waals surface area contributed by atoms with Crippen molar-refractivity contribution in [2.24, 2.45) is 0 Å². The maximum atomic E-state index is 12.9. The molecular weight excluding hydrogens is 409 g/mol. The number of nitrogens with one attached hydrogen (secondary N) is 1. The summed E-state index contributed by atoms with van der Waals surface area (Å²) >= 11 is 12.0. The van der Waals surface area contributed by atoms with Crippen LogP contribution in [0.2, 0.25) is 10.0 Å². The van der Waals surface area contributed by atoms with Gasteiger partial charge in [0.25, 0.3) is 0 Å². The average molecular weight is 432 g/mol. The van der Waals surface area contributed by atoms with Gasteiger partial charge in [0.1, 0.15) is 0 Å². The van der Waals surface area contributed by atoms with E-state index in [4.69, 9.17) is 23.2 Å². The third kappa shape index (κ3) is 4.74. The van der Waals surface area contributed by atoms with E-state index < -0.39 is 0 Å². The molecule has 29 heavy (non-hydrogen) atoms. The summed E-state index contributed by atoms with van der Waals surface area (Å²) in [6.45, 7) is 2.36. The Morgan fingerprint density at radius 1 is 1.03 bits per heavy atom. The minimum Gasteiger partial charge on any atom is -0.337 e. The van der Waals surface area contributed by atoms with Gasteiger partial charge in [-0.3, -0.25) is 14.5 Å². The van der Waals surface area contributed by atoms with Gasteiger partial charge >= 0.3 is 0 Å². The maximum Gasteiger partial charge on any atom is 0.241 e. The molecule has 2 aromatic rings. The lowest BCUT2D eigenvalue weighted by Crippen LogP contribution is -2.47. The average Bonchev–Trinajstić information content (AvgIpc) is 3.15. The number of carbonyl (C=O) groups excluding carboxylic acids is 2. The molecule has 2 aliphatic heterocycles. The first-order valence-corrected chi connectivity index (χ1v) is 10.6. The van der Waals surface area contributed by atoms with Crippen LogP contribution < -0.4 is 5.32 Å². The molecule has 7 heteroatoms. The van der Waals surface area contributed by atoms with Crippen LogP contribution in [0, 0.1) is 0 Å². The predicted molar refractivity (Wildman–Crippen MR) is 115 cm³/mol. The molecule has 2 aliphatic rings. The summed E-state index contributed by atoms with van der Waals surface area (Å²) in [6.07, 6.45) is 2.50. The van der Waals surface area contributed by atoms with E-state index >= 15 is 0 Å². The number of rotatable bonds is 4. The number of nitrogens with zero attached hydrogens (tertiary/aromatic N) is 2. The summed E-state index contributed by atoms with van der Waals surface area (Å²) in [4.78, 5) is 29.6. The normalized spacial score (nSPS) is 19.1. The van der Waals surface area contributed by atoms with Crippen LogP contribution in [0.1, 0.15) is 24.0 Å². The molecule has 2 amide bonds. The molecule has 2 aromatic carbocycles. The van der Waals surface area contributed by atoms with E-state index in [1.807, 2.05) is 21.9 Å². The molecule has 1 unspecified atom stereocenters. The van der Waals surface area contributed by atoms with Crippen LogP contribution in [0.3, 0.4) is 0 Å². The molecule has 1 atom stereocenters. The first kappa shape index (κ1) is 20.2. The fraction of sp³-hybridized carbons (Fsp3) is 0.364. The van der Waals surface area contributed by atoms with Gasteiger partial charge in [0.05, 0.1) is 12.6 Å². The number of benzene rings is 2. The van der Waals surface area contributed by atoms with Gasteiger partial charge in [0.15, 0.2) is 0 Å². The predicted octanol–water partition coefficient (Wildman–Crippen LogP) is 3.98. The molecule has 2 heterocycles. The number of carbonyl (C=O) groups is 2. The van der Waals surface area contributed by atoms with E-state index in [0.29, 0.717) is 22.3 Å². The summed E-state index contributed by atoms with van der Waals surface area (Å²) in [5.74, 6) is -0.0531. The standard InChI is InChI=1S/C22H23Cl2N3O2/c23-17-10-18(24)12-19(11-17)25-22(29)20-6-3-8-26(20)14-21(28)27-9-7-15-4-1-2-5-16(15)13-27/h1-2,4-5,10-12,20H,3,6-9,13-14H2,(H,25,29). The number of halogens is 2. The molecule has 5 nitrogen and oxygen atoms in total. The number of fused-ring (bicyclic) bond motifs is 1. The molecule has 0 aromatic heterocycles. The van der Waals surface area contributed by atoms with Gasteiger partial charge in [-0.1, -0.05) is 47.5 Å². The zero-order valence-corrected chi connectivity index (χ0v) is 17.5. The van der Waals surface area contributed by atoms with Crippen molar-refractivity contribution < 1.29 is 9.59 Å². The van der Waals surface area contributed by atoms with Crippen molar-refractivity contribution in [3.05, 3.63) is 63.6 Å². The highest BCUT2D eigenvalue weighted by molar-refractivity contribution is 6.35. The number of likely N-dealkylation sites (tertiary alicyclic amines) is 1. The molecule has 0 aliphatic carbocycles. The van der Waals surface area contributed by atoms with Crippen molar-refractivity contribution in [3.63, 3.8) is 0 Å². The van der Waals surface area contributed by atoms with E-state index in [9.17, 15) is 9.59 Å². The van der Waals surface area contributed by atoms with Gasteiger partial charge in [0.2, 0.25) is 11.8 Å². The number of anilines is 1. The molecule has 0 saturated carbocycles. The Morgan fingerprint density at radius 3 is 2.52 bits per heavy atom. The Labute approximate surface area is 180 Å². The minimum absolute atomic E-state index is 0.0741. The second-order valence-electron chi connectivity index (χ2n) is 7.61. The fourth-order valence-electron chi connectivity index (χ4n) is 4.15. The summed E-state index contributed by atoms with van der Waals surface area (Å²) in [7, 11) is 0. The number of hydrogen-bond donors (Lipinski definition) is 1. The molecule has 152 valence electrons. The first-order chi connectivity index (χ1) is 14.0. The smallest absolute Gasteiger partial charge is 0.241 e.